The first kappa shape index (κ1) is 12.4. The van der Waals surface area contributed by atoms with Gasteiger partial charge in [0, 0.05) is 0 Å². The summed E-state index contributed by atoms with van der Waals surface area (Å²) in [7, 11) is 1.47. The van der Waals surface area contributed by atoms with E-state index in [1.165, 1.54) is 7.11 Å². The number of nitrogen functional groups attached to an aromatic ring is 1. The fourth-order valence-electron chi connectivity index (χ4n) is 1.07. The van der Waals surface area contributed by atoms with Crippen molar-refractivity contribution in [2.24, 2.45) is 5.84 Å². The SMILES string of the molecule is CCCCCOc1nc(NN)nc(OC)n1. The second-order valence-corrected chi connectivity index (χ2v) is 3.13. The van der Waals surface area contributed by atoms with E-state index < -0.39 is 0 Å². The lowest BCUT2D eigenvalue weighted by atomic mass is 10.3. The zero-order chi connectivity index (χ0) is 11.8. The topological polar surface area (TPSA) is 95.2 Å². The summed E-state index contributed by atoms with van der Waals surface area (Å²) >= 11 is 0. The fraction of sp³-hybridized carbons (Fsp3) is 0.667. The molecule has 1 aromatic rings. The lowest BCUT2D eigenvalue weighted by Crippen LogP contribution is -2.13. The molecule has 0 spiro atoms. The minimum atomic E-state index is 0.174. The zero-order valence-electron chi connectivity index (χ0n) is 9.56. The first-order valence-electron chi connectivity index (χ1n) is 5.19. The van der Waals surface area contributed by atoms with Crippen molar-refractivity contribution < 1.29 is 9.47 Å². The van der Waals surface area contributed by atoms with E-state index in [1.54, 1.807) is 0 Å². The van der Waals surface area contributed by atoms with E-state index >= 15 is 0 Å². The molecule has 1 heterocycles. The van der Waals surface area contributed by atoms with Gasteiger partial charge in [0.1, 0.15) is 0 Å². The van der Waals surface area contributed by atoms with Crippen LogP contribution in [0.15, 0.2) is 0 Å². The molecule has 16 heavy (non-hydrogen) atoms. The molecule has 0 aliphatic carbocycles. The molecule has 0 saturated heterocycles. The van der Waals surface area contributed by atoms with Crippen LogP contribution in [0.25, 0.3) is 0 Å². The predicted octanol–water partition coefficient (Wildman–Crippen LogP) is 0.735. The molecule has 1 rings (SSSR count). The van der Waals surface area contributed by atoms with Gasteiger partial charge in [0.15, 0.2) is 0 Å². The molecular formula is C9H17N5O2. The van der Waals surface area contributed by atoms with Gasteiger partial charge < -0.3 is 9.47 Å². The normalized spacial score (nSPS) is 9.94. The molecule has 0 aliphatic rings. The van der Waals surface area contributed by atoms with E-state index in [0.29, 0.717) is 6.61 Å². The maximum atomic E-state index is 5.36. The highest BCUT2D eigenvalue weighted by atomic mass is 16.5. The van der Waals surface area contributed by atoms with Crippen LogP contribution in [-0.2, 0) is 0 Å². The summed E-state index contributed by atoms with van der Waals surface area (Å²) in [5.41, 5.74) is 2.32. The number of aromatic nitrogens is 3. The van der Waals surface area contributed by atoms with Crippen LogP contribution in [0.4, 0.5) is 5.95 Å². The largest absolute Gasteiger partial charge is 0.467 e. The molecule has 1 aromatic heterocycles. The predicted molar refractivity (Wildman–Crippen MR) is 59.2 cm³/mol. The molecule has 0 amide bonds. The number of hydrazine groups is 1. The molecule has 0 fully saturated rings. The quantitative estimate of drug-likeness (QED) is 0.403. The lowest BCUT2D eigenvalue weighted by molar-refractivity contribution is 0.273. The summed E-state index contributed by atoms with van der Waals surface area (Å²) in [6, 6.07) is 0.393. The number of hydrogen-bond acceptors (Lipinski definition) is 7. The summed E-state index contributed by atoms with van der Waals surface area (Å²) in [4.78, 5) is 11.7. The van der Waals surface area contributed by atoms with E-state index in [-0.39, 0.29) is 18.0 Å². The summed E-state index contributed by atoms with van der Waals surface area (Å²) in [6.45, 7) is 2.70. The maximum Gasteiger partial charge on any atom is 0.324 e. The molecule has 3 N–H and O–H groups in total. The highest BCUT2D eigenvalue weighted by Gasteiger charge is 2.06. The third kappa shape index (κ3) is 3.85. The first-order chi connectivity index (χ1) is 7.80. The smallest absolute Gasteiger partial charge is 0.324 e. The van der Waals surface area contributed by atoms with Gasteiger partial charge in [0.2, 0.25) is 5.95 Å². The fourth-order valence-corrected chi connectivity index (χ4v) is 1.07. The van der Waals surface area contributed by atoms with E-state index in [4.69, 9.17) is 15.3 Å². The average molecular weight is 227 g/mol. The van der Waals surface area contributed by atoms with Crippen molar-refractivity contribution in [2.45, 2.75) is 26.2 Å². The Labute approximate surface area is 94.4 Å². The van der Waals surface area contributed by atoms with Crippen LogP contribution >= 0.6 is 0 Å². The summed E-state index contributed by atoms with van der Waals surface area (Å²) in [5.74, 6) is 5.42. The number of nitrogens with two attached hydrogens (primary N) is 1. The molecule has 7 nitrogen and oxygen atoms in total. The monoisotopic (exact) mass is 227 g/mol. The van der Waals surface area contributed by atoms with Gasteiger partial charge in [-0.15, -0.1) is 4.98 Å². The van der Waals surface area contributed by atoms with Gasteiger partial charge in [-0.3, -0.25) is 5.43 Å². The number of methoxy groups -OCH3 is 1. The van der Waals surface area contributed by atoms with Crippen LogP contribution in [-0.4, -0.2) is 28.7 Å². The highest BCUT2D eigenvalue weighted by Crippen LogP contribution is 2.11. The van der Waals surface area contributed by atoms with E-state index in [1.807, 2.05) is 0 Å². The number of ether oxygens (including phenoxy) is 2. The van der Waals surface area contributed by atoms with Crippen molar-refractivity contribution in [3.63, 3.8) is 0 Å². The molecule has 0 radical (unpaired) electrons. The second kappa shape index (κ2) is 6.78. The molecule has 0 atom stereocenters. The van der Waals surface area contributed by atoms with Crippen molar-refractivity contribution >= 4 is 5.95 Å². The number of hydrogen-bond donors (Lipinski definition) is 2. The standard InChI is InChI=1S/C9H17N5O2/c1-3-4-5-6-16-9-12-7(14-10)11-8(13-9)15-2/h3-6,10H2,1-2H3,(H,11,12,13,14). The molecule has 0 unspecified atom stereocenters. The Balaban J connectivity index is 2.57. The lowest BCUT2D eigenvalue weighted by Gasteiger charge is -2.06. The average Bonchev–Trinajstić information content (AvgIpc) is 2.34. The molecule has 90 valence electrons. The molecule has 7 heteroatoms. The van der Waals surface area contributed by atoms with E-state index in [2.05, 4.69) is 27.3 Å². The number of nitrogens with one attached hydrogen (secondary N) is 1. The summed E-state index contributed by atoms with van der Waals surface area (Å²) in [6.07, 6.45) is 3.22. The van der Waals surface area contributed by atoms with Crippen molar-refractivity contribution in [1.82, 2.24) is 15.0 Å². The van der Waals surface area contributed by atoms with Crippen molar-refractivity contribution in [3.05, 3.63) is 0 Å². The Bertz CT molecular complexity index is 299. The van der Waals surface area contributed by atoms with Crippen LogP contribution < -0.4 is 20.7 Å². The van der Waals surface area contributed by atoms with Crippen LogP contribution in [0.1, 0.15) is 26.2 Å². The minimum absolute atomic E-state index is 0.174. The number of rotatable bonds is 7. The van der Waals surface area contributed by atoms with Crippen LogP contribution in [0.2, 0.25) is 0 Å². The minimum Gasteiger partial charge on any atom is -0.467 e. The van der Waals surface area contributed by atoms with Gasteiger partial charge in [0.25, 0.3) is 0 Å². The first-order valence-corrected chi connectivity index (χ1v) is 5.19. The van der Waals surface area contributed by atoms with Gasteiger partial charge >= 0.3 is 12.0 Å². The van der Waals surface area contributed by atoms with Gasteiger partial charge in [-0.2, -0.15) is 9.97 Å². The van der Waals surface area contributed by atoms with Crippen LogP contribution in [0.3, 0.4) is 0 Å². The third-order valence-electron chi connectivity index (χ3n) is 1.89. The van der Waals surface area contributed by atoms with Gasteiger partial charge in [-0.05, 0) is 6.42 Å². The van der Waals surface area contributed by atoms with Gasteiger partial charge in [0.05, 0.1) is 13.7 Å². The van der Waals surface area contributed by atoms with Crippen LogP contribution in [0.5, 0.6) is 12.0 Å². The number of unbranched alkanes of at least 4 members (excludes halogenated alkanes) is 2. The Morgan fingerprint density at radius 1 is 1.19 bits per heavy atom. The maximum absolute atomic E-state index is 5.36. The zero-order valence-corrected chi connectivity index (χ0v) is 9.56. The Kier molecular flexibility index (Phi) is 5.27. The summed E-state index contributed by atoms with van der Waals surface area (Å²) in [5, 5.41) is 0. The summed E-state index contributed by atoms with van der Waals surface area (Å²) < 4.78 is 10.2. The Hall–Kier alpha value is -1.63. The molecule has 0 saturated carbocycles. The van der Waals surface area contributed by atoms with Crippen molar-refractivity contribution in [1.29, 1.82) is 0 Å². The molecule has 0 aromatic carbocycles. The van der Waals surface area contributed by atoms with Gasteiger partial charge in [-0.25, -0.2) is 5.84 Å². The Morgan fingerprint density at radius 2 is 1.94 bits per heavy atom. The Morgan fingerprint density at radius 3 is 2.56 bits per heavy atom. The number of anilines is 1. The van der Waals surface area contributed by atoms with Crippen molar-refractivity contribution in [2.75, 3.05) is 19.1 Å². The van der Waals surface area contributed by atoms with Crippen LogP contribution in [0, 0.1) is 0 Å². The highest BCUT2D eigenvalue weighted by molar-refractivity contribution is 5.25. The van der Waals surface area contributed by atoms with Gasteiger partial charge in [-0.1, -0.05) is 19.8 Å². The van der Waals surface area contributed by atoms with E-state index in [0.717, 1.165) is 19.3 Å². The molecule has 0 aliphatic heterocycles. The van der Waals surface area contributed by atoms with Crippen molar-refractivity contribution in [3.8, 4) is 12.0 Å². The third-order valence-corrected chi connectivity index (χ3v) is 1.89. The number of nitrogens with zero attached hydrogens (tertiary/aromatic N) is 3. The molecule has 0 bridgehead atoms. The second-order valence-electron chi connectivity index (χ2n) is 3.13. The molecular weight excluding hydrogens is 210 g/mol. The van der Waals surface area contributed by atoms with E-state index in [9.17, 15) is 0 Å².